The first-order valence-electron chi connectivity index (χ1n) is 6.71. The molecule has 4 rings (SSSR count). The highest BCUT2D eigenvalue weighted by molar-refractivity contribution is 5.84. The number of pyridine rings is 1. The van der Waals surface area contributed by atoms with Crippen molar-refractivity contribution in [3.05, 3.63) is 51.9 Å². The molecule has 0 fully saturated rings. The van der Waals surface area contributed by atoms with Gasteiger partial charge in [-0.1, -0.05) is 12.2 Å². The van der Waals surface area contributed by atoms with Gasteiger partial charge in [-0.05, 0) is 42.6 Å². The molecule has 0 aromatic carbocycles. The Kier molecular flexibility index (Phi) is 2.24. The maximum absolute atomic E-state index is 11.6. The normalized spacial score (nSPS) is 17.7. The molecular formula is C15H14N4O. The van der Waals surface area contributed by atoms with Gasteiger partial charge in [0.25, 0.3) is 0 Å². The number of nitrogens with two attached hydrogens (primary N) is 1. The van der Waals surface area contributed by atoms with E-state index < -0.39 is 0 Å². The van der Waals surface area contributed by atoms with Crippen LogP contribution in [0, 0.1) is 0 Å². The van der Waals surface area contributed by atoms with Gasteiger partial charge in [0.2, 0.25) is 11.5 Å². The van der Waals surface area contributed by atoms with Crippen molar-refractivity contribution in [3.8, 4) is 0 Å². The van der Waals surface area contributed by atoms with Crippen molar-refractivity contribution in [1.29, 1.82) is 0 Å². The standard InChI is InChI=1S/C15H14N4O/c16-15-17-11-7-8-13(20)18-14(11)19(15)12-6-2-4-9-3-1-5-10(9)12/h2-3,6-8H,1,4-5H2,(H2,16,17)(H,18,20). The molecular weight excluding hydrogens is 252 g/mol. The Hall–Kier alpha value is -2.56. The van der Waals surface area contributed by atoms with Gasteiger partial charge < -0.3 is 10.7 Å². The highest BCUT2D eigenvalue weighted by Gasteiger charge is 2.21. The molecule has 2 aliphatic rings. The Morgan fingerprint density at radius 3 is 3.15 bits per heavy atom. The highest BCUT2D eigenvalue weighted by Crippen LogP contribution is 2.37. The van der Waals surface area contributed by atoms with E-state index in [1.165, 1.54) is 17.2 Å². The first-order valence-corrected chi connectivity index (χ1v) is 6.71. The summed E-state index contributed by atoms with van der Waals surface area (Å²) in [5, 5.41) is 0. The monoisotopic (exact) mass is 266 g/mol. The number of anilines is 1. The molecule has 0 atom stereocenters. The number of rotatable bonds is 1. The van der Waals surface area contributed by atoms with Gasteiger partial charge in [0.05, 0.1) is 5.70 Å². The summed E-state index contributed by atoms with van der Waals surface area (Å²) in [7, 11) is 0. The Bertz CT molecular complexity index is 864. The zero-order chi connectivity index (χ0) is 13.7. The van der Waals surface area contributed by atoms with Crippen LogP contribution in [0.25, 0.3) is 16.9 Å². The lowest BCUT2D eigenvalue weighted by molar-refractivity contribution is 1.01. The average molecular weight is 266 g/mol. The Labute approximate surface area is 115 Å². The maximum Gasteiger partial charge on any atom is 0.249 e. The van der Waals surface area contributed by atoms with E-state index in [4.69, 9.17) is 5.73 Å². The lowest BCUT2D eigenvalue weighted by atomic mass is 9.98. The number of nitrogens with zero attached hydrogens (tertiary/aromatic N) is 2. The van der Waals surface area contributed by atoms with Crippen LogP contribution in [0.3, 0.4) is 0 Å². The predicted octanol–water partition coefficient (Wildman–Crippen LogP) is 2.20. The molecule has 100 valence electrons. The van der Waals surface area contributed by atoms with Crippen molar-refractivity contribution in [2.24, 2.45) is 0 Å². The summed E-state index contributed by atoms with van der Waals surface area (Å²) in [6.07, 6.45) is 9.53. The summed E-state index contributed by atoms with van der Waals surface area (Å²) < 4.78 is 1.85. The lowest BCUT2D eigenvalue weighted by Gasteiger charge is -2.17. The zero-order valence-electron chi connectivity index (χ0n) is 10.9. The summed E-state index contributed by atoms with van der Waals surface area (Å²) in [6, 6.07) is 3.17. The van der Waals surface area contributed by atoms with Crippen LogP contribution in [0.5, 0.6) is 0 Å². The van der Waals surface area contributed by atoms with Crippen molar-refractivity contribution in [3.63, 3.8) is 0 Å². The second kappa shape index (κ2) is 3.96. The van der Waals surface area contributed by atoms with E-state index >= 15 is 0 Å². The lowest BCUT2D eigenvalue weighted by Crippen LogP contribution is -2.10. The van der Waals surface area contributed by atoms with Crippen LogP contribution >= 0.6 is 0 Å². The largest absolute Gasteiger partial charge is 0.369 e. The molecule has 3 N–H and O–H groups in total. The molecule has 2 aliphatic carbocycles. The zero-order valence-corrected chi connectivity index (χ0v) is 10.9. The van der Waals surface area contributed by atoms with Gasteiger partial charge in [-0.2, -0.15) is 0 Å². The third-order valence-electron chi connectivity index (χ3n) is 3.90. The number of fused-ring (bicyclic) bond motifs is 2. The quantitative estimate of drug-likeness (QED) is 0.830. The number of aromatic nitrogens is 3. The van der Waals surface area contributed by atoms with Gasteiger partial charge in [0.15, 0.2) is 0 Å². The smallest absolute Gasteiger partial charge is 0.249 e. The molecule has 0 amide bonds. The summed E-state index contributed by atoms with van der Waals surface area (Å²) in [4.78, 5) is 18.7. The molecule has 0 radical (unpaired) electrons. The van der Waals surface area contributed by atoms with Crippen LogP contribution in [0.2, 0.25) is 0 Å². The fourth-order valence-corrected chi connectivity index (χ4v) is 3.03. The molecule has 0 spiro atoms. The highest BCUT2D eigenvalue weighted by atomic mass is 16.1. The fraction of sp³-hybridized carbons (Fsp3) is 0.200. The van der Waals surface area contributed by atoms with Gasteiger partial charge in [-0.15, -0.1) is 0 Å². The molecule has 0 unspecified atom stereocenters. The van der Waals surface area contributed by atoms with Crippen molar-refractivity contribution >= 4 is 22.8 Å². The summed E-state index contributed by atoms with van der Waals surface area (Å²) in [5.74, 6) is 0.405. The van der Waals surface area contributed by atoms with Crippen LogP contribution < -0.4 is 11.3 Å². The number of nitrogens with one attached hydrogen (secondary N) is 1. The van der Waals surface area contributed by atoms with E-state index in [0.717, 1.165) is 25.0 Å². The minimum Gasteiger partial charge on any atom is -0.369 e. The van der Waals surface area contributed by atoms with E-state index in [0.29, 0.717) is 17.1 Å². The Balaban J connectivity index is 2.06. The van der Waals surface area contributed by atoms with Crippen LogP contribution in [0.4, 0.5) is 5.95 Å². The molecule has 2 heterocycles. The molecule has 5 heteroatoms. The topological polar surface area (TPSA) is 76.7 Å². The van der Waals surface area contributed by atoms with Crippen molar-refractivity contribution < 1.29 is 0 Å². The number of nitrogen functional groups attached to an aromatic ring is 1. The van der Waals surface area contributed by atoms with Crippen molar-refractivity contribution in [2.75, 3.05) is 5.73 Å². The van der Waals surface area contributed by atoms with E-state index in [9.17, 15) is 4.79 Å². The summed E-state index contributed by atoms with van der Waals surface area (Å²) >= 11 is 0. The third-order valence-corrected chi connectivity index (χ3v) is 3.90. The minimum atomic E-state index is -0.147. The number of aromatic amines is 1. The number of imidazole rings is 1. The Morgan fingerprint density at radius 2 is 2.25 bits per heavy atom. The van der Waals surface area contributed by atoms with Crippen LogP contribution in [-0.4, -0.2) is 14.5 Å². The van der Waals surface area contributed by atoms with Crippen LogP contribution in [0.15, 0.2) is 46.3 Å². The summed E-state index contributed by atoms with van der Waals surface area (Å²) in [5.41, 5.74) is 11.0. The first kappa shape index (κ1) is 11.3. The second-order valence-corrected chi connectivity index (χ2v) is 5.10. The predicted molar refractivity (Wildman–Crippen MR) is 79.1 cm³/mol. The maximum atomic E-state index is 11.6. The van der Waals surface area contributed by atoms with Crippen LogP contribution in [-0.2, 0) is 0 Å². The fourth-order valence-electron chi connectivity index (χ4n) is 3.03. The molecule has 2 aromatic rings. The van der Waals surface area contributed by atoms with E-state index in [-0.39, 0.29) is 5.56 Å². The van der Waals surface area contributed by atoms with E-state index in [1.807, 2.05) is 4.57 Å². The average Bonchev–Trinajstić information content (AvgIpc) is 3.02. The molecule has 20 heavy (non-hydrogen) atoms. The molecule has 0 aliphatic heterocycles. The van der Waals surface area contributed by atoms with E-state index in [1.54, 1.807) is 6.07 Å². The molecule has 0 saturated heterocycles. The first-order chi connectivity index (χ1) is 9.74. The van der Waals surface area contributed by atoms with Gasteiger partial charge in [-0.25, -0.2) is 4.98 Å². The van der Waals surface area contributed by atoms with Crippen molar-refractivity contribution in [2.45, 2.75) is 19.3 Å². The van der Waals surface area contributed by atoms with Gasteiger partial charge in [-0.3, -0.25) is 9.36 Å². The third kappa shape index (κ3) is 1.49. The minimum absolute atomic E-state index is 0.147. The molecule has 5 nitrogen and oxygen atoms in total. The molecule has 0 saturated carbocycles. The number of hydrogen-bond donors (Lipinski definition) is 2. The second-order valence-electron chi connectivity index (χ2n) is 5.10. The number of hydrogen-bond acceptors (Lipinski definition) is 3. The van der Waals surface area contributed by atoms with Gasteiger partial charge >= 0.3 is 0 Å². The number of H-pyrrole nitrogens is 1. The van der Waals surface area contributed by atoms with Crippen molar-refractivity contribution in [1.82, 2.24) is 14.5 Å². The SMILES string of the molecule is Nc1nc2ccc(=O)[nH]c2n1C1=C2CCC=C2CC=C1. The number of allylic oxidation sites excluding steroid dienone is 6. The molecule has 0 bridgehead atoms. The van der Waals surface area contributed by atoms with Gasteiger partial charge in [0.1, 0.15) is 11.2 Å². The Morgan fingerprint density at radius 1 is 1.35 bits per heavy atom. The summed E-state index contributed by atoms with van der Waals surface area (Å²) in [6.45, 7) is 0. The molecule has 2 aromatic heterocycles. The van der Waals surface area contributed by atoms with Crippen LogP contribution in [0.1, 0.15) is 19.3 Å². The van der Waals surface area contributed by atoms with E-state index in [2.05, 4.69) is 28.2 Å². The van der Waals surface area contributed by atoms with Gasteiger partial charge in [0, 0.05) is 6.07 Å².